The number of carbonyl (C=O) groups excluding carboxylic acids is 1. The molecule has 0 spiro atoms. The monoisotopic (exact) mass is 498 g/mol. The fraction of sp³-hybridized carbons (Fsp3) is 0.963. The molecular weight excluding hydrogens is 452 g/mol. The van der Waals surface area contributed by atoms with Gasteiger partial charge in [0, 0.05) is 6.92 Å². The number of aliphatic hydroxyl groups excluding tert-OH is 3. The van der Waals surface area contributed by atoms with Crippen LogP contribution in [0.4, 0.5) is 0 Å². The zero-order valence-corrected chi connectivity index (χ0v) is 22.3. The zero-order valence-electron chi connectivity index (χ0n) is 22.3. The minimum atomic E-state index is -1.42. The van der Waals surface area contributed by atoms with E-state index >= 15 is 0 Å². The van der Waals surface area contributed by atoms with Gasteiger partial charge in [-0.3, -0.25) is 4.79 Å². The third-order valence-electron chi connectivity index (χ3n) is 10.0. The summed E-state index contributed by atoms with van der Waals surface area (Å²) in [6, 6.07) is 0. The molecule has 0 radical (unpaired) electrons. The first-order valence-electron chi connectivity index (χ1n) is 13.4. The van der Waals surface area contributed by atoms with Crippen molar-refractivity contribution in [1.29, 1.82) is 0 Å². The van der Waals surface area contributed by atoms with E-state index in [1.165, 1.54) is 26.2 Å². The van der Waals surface area contributed by atoms with Crippen molar-refractivity contribution in [1.82, 2.24) is 0 Å². The van der Waals surface area contributed by atoms with Crippen LogP contribution in [-0.4, -0.2) is 76.4 Å². The molecule has 8 heteroatoms. The Hall–Kier alpha value is -0.770. The molecule has 4 rings (SSSR count). The molecule has 8 nitrogen and oxygen atoms in total. The lowest BCUT2D eigenvalue weighted by molar-refractivity contribution is -0.334. The summed E-state index contributed by atoms with van der Waals surface area (Å²) in [7, 11) is 0. The maximum atomic E-state index is 11.7. The Labute approximate surface area is 209 Å². The van der Waals surface area contributed by atoms with E-state index < -0.39 is 42.3 Å². The molecule has 0 amide bonds. The van der Waals surface area contributed by atoms with Gasteiger partial charge in [0.1, 0.15) is 31.0 Å². The summed E-state index contributed by atoms with van der Waals surface area (Å²) in [6.45, 7) is 12.7. The quantitative estimate of drug-likeness (QED) is 0.496. The van der Waals surface area contributed by atoms with Crippen molar-refractivity contribution in [3.05, 3.63) is 0 Å². The minimum Gasteiger partial charge on any atom is -0.463 e. The van der Waals surface area contributed by atoms with Crippen LogP contribution in [-0.2, 0) is 23.7 Å². The Morgan fingerprint density at radius 3 is 2.34 bits per heavy atom. The fourth-order valence-corrected chi connectivity index (χ4v) is 8.22. The molecule has 2 aliphatic heterocycles. The summed E-state index contributed by atoms with van der Waals surface area (Å²) in [5, 5.41) is 30.4. The van der Waals surface area contributed by atoms with Gasteiger partial charge in [0.2, 0.25) is 0 Å². The van der Waals surface area contributed by atoms with Crippen molar-refractivity contribution in [3.8, 4) is 0 Å². The largest absolute Gasteiger partial charge is 0.463 e. The second-order valence-corrected chi connectivity index (χ2v) is 12.9. The van der Waals surface area contributed by atoms with Gasteiger partial charge in [0.25, 0.3) is 0 Å². The number of ether oxygens (including phenoxy) is 4. The predicted octanol–water partition coefficient (Wildman–Crippen LogP) is 2.94. The molecule has 3 N–H and O–H groups in total. The molecule has 0 aromatic rings. The third kappa shape index (κ3) is 4.91. The molecule has 202 valence electrons. The highest BCUT2D eigenvalue weighted by Crippen LogP contribution is 2.65. The van der Waals surface area contributed by atoms with Gasteiger partial charge in [-0.1, -0.05) is 27.2 Å². The van der Waals surface area contributed by atoms with Gasteiger partial charge in [-0.2, -0.15) is 0 Å². The highest BCUT2D eigenvalue weighted by Gasteiger charge is 2.62. The molecule has 0 bridgehead atoms. The smallest absolute Gasteiger partial charge is 0.302 e. The lowest BCUT2D eigenvalue weighted by Gasteiger charge is -2.65. The summed E-state index contributed by atoms with van der Waals surface area (Å²) in [4.78, 5) is 11.7. The van der Waals surface area contributed by atoms with E-state index in [-0.39, 0.29) is 24.2 Å². The molecule has 2 saturated heterocycles. The molecule has 10 atom stereocenters. The Balaban J connectivity index is 1.56. The van der Waals surface area contributed by atoms with Gasteiger partial charge in [0.05, 0.1) is 17.8 Å². The van der Waals surface area contributed by atoms with Crippen LogP contribution < -0.4 is 0 Å². The molecular formula is C27H46O8. The van der Waals surface area contributed by atoms with Crippen LogP contribution in [0.25, 0.3) is 0 Å². The van der Waals surface area contributed by atoms with E-state index in [4.69, 9.17) is 18.9 Å². The van der Waals surface area contributed by atoms with E-state index in [0.29, 0.717) is 17.3 Å². The molecule has 0 aromatic heterocycles. The number of hydrogen-bond acceptors (Lipinski definition) is 8. The van der Waals surface area contributed by atoms with E-state index in [0.717, 1.165) is 25.7 Å². The molecule has 2 unspecified atom stereocenters. The minimum absolute atomic E-state index is 0.0509. The SMILES string of the molecule is CC(=O)OCC(O[C@@H]1OC[C@H](O)[C@H](O)[C@H]1O)[C@]1(C)CC[C@H]2[C@@](C)(CCC3C(C)(C)CCC[C@@]32C)O1. The van der Waals surface area contributed by atoms with Gasteiger partial charge in [-0.05, 0) is 75.0 Å². The van der Waals surface area contributed by atoms with E-state index in [1.807, 2.05) is 6.92 Å². The Morgan fingerprint density at radius 1 is 0.971 bits per heavy atom. The first-order chi connectivity index (χ1) is 16.2. The van der Waals surface area contributed by atoms with Crippen molar-refractivity contribution in [3.63, 3.8) is 0 Å². The van der Waals surface area contributed by atoms with Crippen molar-refractivity contribution in [2.45, 2.75) is 128 Å². The number of hydrogen-bond donors (Lipinski definition) is 3. The van der Waals surface area contributed by atoms with Crippen LogP contribution in [0.5, 0.6) is 0 Å². The van der Waals surface area contributed by atoms with Crippen molar-refractivity contribution < 1.29 is 39.1 Å². The number of fused-ring (bicyclic) bond motifs is 3. The average Bonchev–Trinajstić information content (AvgIpc) is 2.74. The van der Waals surface area contributed by atoms with Crippen molar-refractivity contribution in [2.24, 2.45) is 22.7 Å². The summed E-state index contributed by atoms with van der Waals surface area (Å²) in [6.07, 6.45) is 1.66. The van der Waals surface area contributed by atoms with Crippen molar-refractivity contribution in [2.75, 3.05) is 13.2 Å². The lowest BCUT2D eigenvalue weighted by Crippen LogP contribution is -2.66. The van der Waals surface area contributed by atoms with Gasteiger partial charge >= 0.3 is 5.97 Å². The Kier molecular flexibility index (Phi) is 7.41. The number of rotatable bonds is 5. The molecule has 4 aliphatic rings. The van der Waals surface area contributed by atoms with E-state index in [1.54, 1.807) is 0 Å². The summed E-state index contributed by atoms with van der Waals surface area (Å²) in [5.74, 6) is 0.658. The second kappa shape index (κ2) is 9.52. The van der Waals surface area contributed by atoms with Crippen LogP contribution in [0.1, 0.15) is 86.5 Å². The number of carbonyl (C=O) groups is 1. The number of esters is 1. The molecule has 2 heterocycles. The summed E-state index contributed by atoms with van der Waals surface area (Å²) >= 11 is 0. The Morgan fingerprint density at radius 2 is 1.66 bits per heavy atom. The molecule has 0 aromatic carbocycles. The normalized spacial score (nSPS) is 48.4. The molecule has 2 saturated carbocycles. The average molecular weight is 499 g/mol. The summed E-state index contributed by atoms with van der Waals surface area (Å²) < 4.78 is 24.0. The standard InChI is InChI=1S/C27H46O8/c1-16(28)32-15-20(34-23-22(31)21(30)17(29)14-33-23)27(6)13-9-19-25(4)11-7-10-24(2,3)18(25)8-12-26(19,5)35-27/h17-23,29-31H,7-15H2,1-6H3/t17-,18?,19+,20?,21-,22+,23-,25-,26+,27-/m0/s1. The first kappa shape index (κ1) is 27.3. The van der Waals surface area contributed by atoms with Crippen LogP contribution in [0.15, 0.2) is 0 Å². The molecule has 35 heavy (non-hydrogen) atoms. The maximum absolute atomic E-state index is 11.7. The number of aliphatic hydroxyl groups is 3. The van der Waals surface area contributed by atoms with Gasteiger partial charge in [-0.25, -0.2) is 0 Å². The topological polar surface area (TPSA) is 115 Å². The van der Waals surface area contributed by atoms with Crippen LogP contribution in [0, 0.1) is 22.7 Å². The van der Waals surface area contributed by atoms with Crippen LogP contribution in [0.2, 0.25) is 0 Å². The second-order valence-electron chi connectivity index (χ2n) is 12.9. The molecule has 2 aliphatic carbocycles. The highest BCUT2D eigenvalue weighted by atomic mass is 16.7. The maximum Gasteiger partial charge on any atom is 0.302 e. The third-order valence-corrected chi connectivity index (χ3v) is 10.0. The molecule has 4 fully saturated rings. The summed E-state index contributed by atoms with van der Waals surface area (Å²) in [5.41, 5.74) is -0.579. The fourth-order valence-electron chi connectivity index (χ4n) is 8.22. The first-order valence-corrected chi connectivity index (χ1v) is 13.4. The Bertz CT molecular complexity index is 787. The van der Waals surface area contributed by atoms with Gasteiger partial charge in [-0.15, -0.1) is 0 Å². The van der Waals surface area contributed by atoms with Crippen LogP contribution in [0.3, 0.4) is 0 Å². The van der Waals surface area contributed by atoms with Gasteiger partial charge in [0.15, 0.2) is 6.29 Å². The van der Waals surface area contributed by atoms with Crippen molar-refractivity contribution >= 4 is 5.97 Å². The zero-order chi connectivity index (χ0) is 25.8. The van der Waals surface area contributed by atoms with Gasteiger partial charge < -0.3 is 34.3 Å². The predicted molar refractivity (Wildman–Crippen MR) is 128 cm³/mol. The van der Waals surface area contributed by atoms with E-state index in [2.05, 4.69) is 27.7 Å². The highest BCUT2D eigenvalue weighted by molar-refractivity contribution is 5.65. The lowest BCUT2D eigenvalue weighted by atomic mass is 9.44. The van der Waals surface area contributed by atoms with E-state index in [9.17, 15) is 20.1 Å². The van der Waals surface area contributed by atoms with Crippen LogP contribution >= 0.6 is 0 Å².